The van der Waals surface area contributed by atoms with Crippen molar-refractivity contribution in [3.05, 3.63) is 24.5 Å². The van der Waals surface area contributed by atoms with E-state index in [1.807, 2.05) is 6.07 Å². The van der Waals surface area contributed by atoms with Gasteiger partial charge in [0.2, 0.25) is 5.95 Å². The molecule has 1 aromatic carbocycles. The van der Waals surface area contributed by atoms with Gasteiger partial charge in [-0.25, -0.2) is 4.98 Å². The van der Waals surface area contributed by atoms with E-state index in [0.29, 0.717) is 24.2 Å². The fraction of sp³-hybridized carbons (Fsp3) is 0.542. The Balaban J connectivity index is 1.34. The molecule has 0 atom stereocenters. The number of nitrogens with one attached hydrogen (secondary N) is 3. The van der Waals surface area contributed by atoms with E-state index in [0.717, 1.165) is 74.0 Å². The van der Waals surface area contributed by atoms with Crippen LogP contribution in [0.15, 0.2) is 24.5 Å². The topological polar surface area (TPSA) is 120 Å². The van der Waals surface area contributed by atoms with E-state index >= 15 is 0 Å². The molecule has 34 heavy (non-hydrogen) atoms. The number of rotatable bonds is 8. The van der Waals surface area contributed by atoms with Crippen molar-refractivity contribution in [1.82, 2.24) is 24.8 Å². The lowest BCUT2D eigenvalue weighted by molar-refractivity contribution is 0.265. The lowest BCUT2D eigenvalue weighted by Gasteiger charge is -2.36. The van der Waals surface area contributed by atoms with Gasteiger partial charge < -0.3 is 31.0 Å². The number of aromatic nitrogens is 4. The van der Waals surface area contributed by atoms with Gasteiger partial charge in [-0.3, -0.25) is 4.90 Å². The van der Waals surface area contributed by atoms with Crippen molar-refractivity contribution < 1.29 is 4.74 Å². The fourth-order valence-corrected chi connectivity index (χ4v) is 4.95. The van der Waals surface area contributed by atoms with E-state index in [2.05, 4.69) is 47.5 Å². The van der Waals surface area contributed by atoms with E-state index < -0.39 is 0 Å². The third kappa shape index (κ3) is 5.02. The maximum Gasteiger partial charge on any atom is 0.231 e. The highest BCUT2D eigenvalue weighted by atomic mass is 16.5. The molecule has 10 heteroatoms. The molecule has 182 valence electrons. The van der Waals surface area contributed by atoms with Gasteiger partial charge in [0, 0.05) is 57.1 Å². The molecule has 10 nitrogen and oxygen atoms in total. The minimum absolute atomic E-state index is 0.426. The summed E-state index contributed by atoms with van der Waals surface area (Å²) in [5, 5.41) is 6.97. The van der Waals surface area contributed by atoms with Gasteiger partial charge in [0.25, 0.3) is 0 Å². The highest BCUT2D eigenvalue weighted by Gasteiger charge is 2.20. The molecule has 2 aliphatic rings. The van der Waals surface area contributed by atoms with Gasteiger partial charge in [0.1, 0.15) is 11.3 Å². The van der Waals surface area contributed by atoms with Crippen LogP contribution in [0.25, 0.3) is 11.2 Å². The summed E-state index contributed by atoms with van der Waals surface area (Å²) >= 11 is 0. The van der Waals surface area contributed by atoms with E-state index in [9.17, 15) is 0 Å². The number of imidazole rings is 1. The Labute approximate surface area is 200 Å². The summed E-state index contributed by atoms with van der Waals surface area (Å²) in [5.41, 5.74) is 9.17. The summed E-state index contributed by atoms with van der Waals surface area (Å²) in [5.74, 6) is 2.04. The van der Waals surface area contributed by atoms with Crippen molar-refractivity contribution in [3.63, 3.8) is 0 Å². The van der Waals surface area contributed by atoms with Crippen LogP contribution in [0.4, 0.5) is 23.1 Å². The van der Waals surface area contributed by atoms with Crippen LogP contribution in [0.3, 0.4) is 0 Å². The van der Waals surface area contributed by atoms with E-state index in [4.69, 9.17) is 15.5 Å². The molecule has 5 N–H and O–H groups in total. The minimum Gasteiger partial charge on any atom is -0.494 e. The minimum atomic E-state index is 0.426. The lowest BCUT2D eigenvalue weighted by Crippen LogP contribution is -2.47. The summed E-state index contributed by atoms with van der Waals surface area (Å²) in [6.07, 6.45) is 7.80. The molecule has 0 radical (unpaired) electrons. The average Bonchev–Trinajstić information content (AvgIpc) is 3.35. The van der Waals surface area contributed by atoms with Crippen LogP contribution < -0.4 is 26.0 Å². The van der Waals surface area contributed by atoms with Gasteiger partial charge in [0.15, 0.2) is 11.5 Å². The van der Waals surface area contributed by atoms with Gasteiger partial charge in [-0.05, 0) is 25.0 Å². The summed E-state index contributed by atoms with van der Waals surface area (Å²) in [6.45, 7) is 5.66. The SMILES string of the molecule is COc1cc(N2CCN(CCN)CC2)ccc1Nc1nc(NC2CCCCC2)c2nc[nH]c2n1. The van der Waals surface area contributed by atoms with Gasteiger partial charge in [0.05, 0.1) is 19.1 Å². The third-order valence-corrected chi connectivity index (χ3v) is 6.84. The largest absolute Gasteiger partial charge is 0.494 e. The normalized spacial score (nSPS) is 17.8. The van der Waals surface area contributed by atoms with Crippen LogP contribution in [0, 0.1) is 0 Å². The maximum absolute atomic E-state index is 5.73. The number of H-pyrrole nitrogens is 1. The Hall–Kier alpha value is -3.11. The summed E-state index contributed by atoms with van der Waals surface area (Å²) < 4.78 is 5.73. The van der Waals surface area contributed by atoms with Crippen LogP contribution in [0.5, 0.6) is 5.75 Å². The predicted octanol–water partition coefficient (Wildman–Crippen LogP) is 2.93. The summed E-state index contributed by atoms with van der Waals surface area (Å²) in [4.78, 5) is 21.8. The monoisotopic (exact) mass is 465 g/mol. The van der Waals surface area contributed by atoms with Crippen LogP contribution >= 0.6 is 0 Å². The Morgan fingerprint density at radius 2 is 1.94 bits per heavy atom. The second kappa shape index (κ2) is 10.4. The molecule has 0 unspecified atom stereocenters. The van der Waals surface area contributed by atoms with E-state index in [1.165, 1.54) is 19.3 Å². The molecular weight excluding hydrogens is 430 g/mol. The van der Waals surface area contributed by atoms with Crippen molar-refractivity contribution in [2.24, 2.45) is 5.73 Å². The molecule has 5 rings (SSSR count). The summed E-state index contributed by atoms with van der Waals surface area (Å²) in [7, 11) is 1.69. The van der Waals surface area contributed by atoms with Crippen LogP contribution in [0.1, 0.15) is 32.1 Å². The third-order valence-electron chi connectivity index (χ3n) is 6.84. The van der Waals surface area contributed by atoms with Gasteiger partial charge in [-0.1, -0.05) is 19.3 Å². The Bertz CT molecular complexity index is 1090. The molecule has 3 aromatic rings. The number of anilines is 4. The quantitative estimate of drug-likeness (QED) is 0.398. The second-order valence-electron chi connectivity index (χ2n) is 9.10. The zero-order chi connectivity index (χ0) is 23.3. The molecule has 1 aliphatic carbocycles. The van der Waals surface area contributed by atoms with Gasteiger partial charge in [-0.2, -0.15) is 9.97 Å². The first kappa shape index (κ1) is 22.7. The van der Waals surface area contributed by atoms with Crippen LogP contribution in [-0.4, -0.2) is 77.3 Å². The van der Waals surface area contributed by atoms with Crippen molar-refractivity contribution in [2.45, 2.75) is 38.1 Å². The number of benzene rings is 1. The Kier molecular flexibility index (Phi) is 6.96. The van der Waals surface area contributed by atoms with Gasteiger partial charge in [-0.15, -0.1) is 0 Å². The molecule has 2 fully saturated rings. The first-order valence-electron chi connectivity index (χ1n) is 12.3. The molecule has 0 spiro atoms. The fourth-order valence-electron chi connectivity index (χ4n) is 4.95. The molecule has 0 amide bonds. The smallest absolute Gasteiger partial charge is 0.231 e. The van der Waals surface area contributed by atoms with Crippen molar-refractivity contribution in [3.8, 4) is 5.75 Å². The van der Waals surface area contributed by atoms with E-state index in [1.54, 1.807) is 13.4 Å². The summed E-state index contributed by atoms with van der Waals surface area (Å²) in [6, 6.07) is 6.67. The van der Waals surface area contributed by atoms with Crippen LogP contribution in [0.2, 0.25) is 0 Å². The van der Waals surface area contributed by atoms with Gasteiger partial charge >= 0.3 is 0 Å². The number of piperazine rings is 1. The number of nitrogens with two attached hydrogens (primary N) is 1. The highest BCUT2D eigenvalue weighted by Crippen LogP contribution is 2.33. The average molecular weight is 466 g/mol. The Morgan fingerprint density at radius 3 is 2.71 bits per heavy atom. The maximum atomic E-state index is 5.73. The number of hydrogen-bond donors (Lipinski definition) is 4. The number of nitrogens with zero attached hydrogens (tertiary/aromatic N) is 5. The predicted molar refractivity (Wildman–Crippen MR) is 136 cm³/mol. The van der Waals surface area contributed by atoms with E-state index in [-0.39, 0.29) is 0 Å². The van der Waals surface area contributed by atoms with Crippen molar-refractivity contribution in [2.75, 3.05) is 61.9 Å². The molecule has 1 aliphatic heterocycles. The number of aromatic amines is 1. The van der Waals surface area contributed by atoms with Crippen molar-refractivity contribution in [1.29, 1.82) is 0 Å². The standard InChI is InChI=1S/C24H35N9O/c1-34-20-15-18(33-13-11-32(10-9-25)12-14-33)7-8-19(20)29-24-30-22-21(26-16-27-22)23(31-24)28-17-5-3-2-4-6-17/h7-8,15-17H,2-6,9-14,25H2,1H3,(H3,26,27,28,29,30,31). The number of methoxy groups -OCH3 is 1. The number of fused-ring (bicyclic) bond motifs is 1. The molecule has 0 bridgehead atoms. The zero-order valence-electron chi connectivity index (χ0n) is 19.9. The van der Waals surface area contributed by atoms with Crippen molar-refractivity contribution >= 4 is 34.3 Å². The highest BCUT2D eigenvalue weighted by molar-refractivity contribution is 5.84. The zero-order valence-corrected chi connectivity index (χ0v) is 19.9. The second-order valence-corrected chi connectivity index (χ2v) is 9.10. The first-order valence-corrected chi connectivity index (χ1v) is 12.3. The molecular formula is C24H35N9O. The number of hydrogen-bond acceptors (Lipinski definition) is 9. The number of ether oxygens (including phenoxy) is 1. The molecule has 2 aromatic heterocycles. The van der Waals surface area contributed by atoms with Crippen LogP contribution in [-0.2, 0) is 0 Å². The molecule has 3 heterocycles. The lowest BCUT2D eigenvalue weighted by atomic mass is 9.95. The molecule has 1 saturated carbocycles. The first-order chi connectivity index (χ1) is 16.7. The molecule has 1 saturated heterocycles. The Morgan fingerprint density at radius 1 is 1.12 bits per heavy atom.